The van der Waals surface area contributed by atoms with Crippen LogP contribution in [0.15, 0.2) is 49.6 Å². The van der Waals surface area contributed by atoms with Crippen LogP contribution in [0.1, 0.15) is 5.76 Å². The first kappa shape index (κ1) is 13.0. The van der Waals surface area contributed by atoms with Crippen molar-refractivity contribution in [1.29, 1.82) is 0 Å². The molecule has 0 aliphatic rings. The maximum Gasteiger partial charge on any atom is 0.238 e. The number of nitrogen functional groups attached to an aromatic ring is 1. The second-order valence-corrected chi connectivity index (χ2v) is 6.33. The van der Waals surface area contributed by atoms with Gasteiger partial charge in [0, 0.05) is 10.6 Å². The molecular weight excluding hydrogens is 272 g/mol. The van der Waals surface area contributed by atoms with E-state index in [1.807, 2.05) is 13.0 Å². The molecule has 0 aliphatic heterocycles. The molecule has 0 atom stereocenters. The Hall–Kier alpha value is -1.44. The summed E-state index contributed by atoms with van der Waals surface area (Å²) in [6, 6.07) is 6.25. The lowest BCUT2D eigenvalue weighted by molar-refractivity contribution is 0.527. The maximum atomic E-state index is 11.2. The molecule has 0 amide bonds. The standard InChI is InChI=1S/C11H12N2O3S2/c1-7-10(4-5-16-7)17-11-3-2-8(6-9(11)12)18(13,14)15/h2-6H,12H2,1H3,(H2,13,14,15). The van der Waals surface area contributed by atoms with Crippen LogP contribution in [0.4, 0.5) is 5.69 Å². The molecule has 0 saturated carbocycles. The summed E-state index contributed by atoms with van der Waals surface area (Å²) >= 11 is 1.41. The third-order valence-electron chi connectivity index (χ3n) is 2.34. The van der Waals surface area contributed by atoms with Crippen LogP contribution in [0, 0.1) is 6.92 Å². The zero-order chi connectivity index (χ0) is 13.3. The van der Waals surface area contributed by atoms with Crippen LogP contribution in [-0.2, 0) is 10.0 Å². The quantitative estimate of drug-likeness (QED) is 0.839. The number of nitrogens with two attached hydrogens (primary N) is 2. The first-order valence-corrected chi connectivity index (χ1v) is 7.38. The Kier molecular flexibility index (Phi) is 3.38. The summed E-state index contributed by atoms with van der Waals surface area (Å²) in [5.41, 5.74) is 6.18. The Labute approximate surface area is 109 Å². The van der Waals surface area contributed by atoms with E-state index in [-0.39, 0.29) is 4.90 Å². The van der Waals surface area contributed by atoms with E-state index in [9.17, 15) is 8.42 Å². The molecule has 0 bridgehead atoms. The highest BCUT2D eigenvalue weighted by Gasteiger charge is 2.12. The fraction of sp³-hybridized carbons (Fsp3) is 0.0909. The molecule has 0 aliphatic carbocycles. The summed E-state index contributed by atoms with van der Waals surface area (Å²) < 4.78 is 27.5. The average Bonchev–Trinajstić information content (AvgIpc) is 2.66. The molecule has 4 N–H and O–H groups in total. The minimum Gasteiger partial charge on any atom is -0.468 e. The monoisotopic (exact) mass is 284 g/mol. The Balaban J connectivity index is 2.34. The summed E-state index contributed by atoms with van der Waals surface area (Å²) in [5, 5.41) is 5.03. The van der Waals surface area contributed by atoms with Crippen molar-refractivity contribution in [2.45, 2.75) is 21.6 Å². The second kappa shape index (κ2) is 4.68. The molecular formula is C11H12N2O3S2. The molecule has 1 heterocycles. The Bertz CT molecular complexity index is 677. The molecule has 2 aromatic rings. The smallest absolute Gasteiger partial charge is 0.238 e. The van der Waals surface area contributed by atoms with E-state index in [0.717, 1.165) is 15.6 Å². The first-order chi connectivity index (χ1) is 8.38. The number of hydrogen-bond acceptors (Lipinski definition) is 5. The SMILES string of the molecule is Cc1occc1Sc1ccc(S(N)(=O)=O)cc1N. The highest BCUT2D eigenvalue weighted by Crippen LogP contribution is 2.35. The fourth-order valence-electron chi connectivity index (χ4n) is 1.39. The molecule has 0 unspecified atom stereocenters. The van der Waals surface area contributed by atoms with E-state index in [1.165, 1.54) is 23.9 Å². The van der Waals surface area contributed by atoms with Crippen LogP contribution in [0.25, 0.3) is 0 Å². The van der Waals surface area contributed by atoms with Crippen LogP contribution in [0.3, 0.4) is 0 Å². The Morgan fingerprint density at radius 2 is 1.94 bits per heavy atom. The lowest BCUT2D eigenvalue weighted by atomic mass is 10.3. The fourth-order valence-corrected chi connectivity index (χ4v) is 2.81. The number of sulfonamides is 1. The van der Waals surface area contributed by atoms with Crippen LogP contribution < -0.4 is 10.9 Å². The van der Waals surface area contributed by atoms with Crippen LogP contribution in [0.5, 0.6) is 0 Å². The van der Waals surface area contributed by atoms with Gasteiger partial charge in [-0.05, 0) is 31.2 Å². The molecule has 18 heavy (non-hydrogen) atoms. The number of benzene rings is 1. The zero-order valence-corrected chi connectivity index (χ0v) is 11.2. The van der Waals surface area contributed by atoms with Crippen molar-refractivity contribution in [2.75, 3.05) is 5.73 Å². The van der Waals surface area contributed by atoms with E-state index >= 15 is 0 Å². The number of aryl methyl sites for hydroxylation is 1. The zero-order valence-electron chi connectivity index (χ0n) is 9.58. The van der Waals surface area contributed by atoms with Gasteiger partial charge in [0.1, 0.15) is 5.76 Å². The largest absolute Gasteiger partial charge is 0.468 e. The van der Waals surface area contributed by atoms with Crippen molar-refractivity contribution >= 4 is 27.5 Å². The van der Waals surface area contributed by atoms with Gasteiger partial charge >= 0.3 is 0 Å². The van der Waals surface area contributed by atoms with E-state index in [0.29, 0.717) is 5.69 Å². The van der Waals surface area contributed by atoms with Gasteiger partial charge in [0.2, 0.25) is 10.0 Å². The molecule has 96 valence electrons. The van der Waals surface area contributed by atoms with E-state index in [2.05, 4.69) is 0 Å². The molecule has 5 nitrogen and oxygen atoms in total. The van der Waals surface area contributed by atoms with Gasteiger partial charge in [0.25, 0.3) is 0 Å². The molecule has 0 saturated heterocycles. The minimum absolute atomic E-state index is 0.00765. The van der Waals surface area contributed by atoms with E-state index < -0.39 is 10.0 Å². The highest BCUT2D eigenvalue weighted by molar-refractivity contribution is 7.99. The third-order valence-corrected chi connectivity index (χ3v) is 4.49. The number of furan rings is 1. The Morgan fingerprint density at radius 3 is 2.44 bits per heavy atom. The van der Waals surface area contributed by atoms with Crippen LogP contribution in [0.2, 0.25) is 0 Å². The molecule has 2 rings (SSSR count). The molecule has 0 spiro atoms. The topological polar surface area (TPSA) is 99.3 Å². The van der Waals surface area contributed by atoms with Crippen LogP contribution >= 0.6 is 11.8 Å². The van der Waals surface area contributed by atoms with Gasteiger partial charge in [-0.15, -0.1) is 0 Å². The first-order valence-electron chi connectivity index (χ1n) is 5.02. The third kappa shape index (κ3) is 2.69. The van der Waals surface area contributed by atoms with Crippen molar-refractivity contribution in [3.8, 4) is 0 Å². The number of primary sulfonamides is 1. The van der Waals surface area contributed by atoms with E-state index in [1.54, 1.807) is 12.3 Å². The normalized spacial score (nSPS) is 11.7. The number of anilines is 1. The van der Waals surface area contributed by atoms with Crippen molar-refractivity contribution < 1.29 is 12.8 Å². The summed E-state index contributed by atoms with van der Waals surface area (Å²) in [4.78, 5) is 1.70. The molecule has 1 aromatic heterocycles. The van der Waals surface area contributed by atoms with Gasteiger partial charge in [0.15, 0.2) is 0 Å². The maximum absolute atomic E-state index is 11.2. The van der Waals surface area contributed by atoms with Crippen LogP contribution in [-0.4, -0.2) is 8.42 Å². The Morgan fingerprint density at radius 1 is 1.22 bits per heavy atom. The van der Waals surface area contributed by atoms with Gasteiger partial charge < -0.3 is 10.2 Å². The highest BCUT2D eigenvalue weighted by atomic mass is 32.2. The molecule has 7 heteroatoms. The summed E-state index contributed by atoms with van der Waals surface area (Å²) in [6.45, 7) is 1.84. The molecule has 1 aromatic carbocycles. The predicted octanol–water partition coefficient (Wildman–Crippen LogP) is 1.97. The van der Waals surface area contributed by atoms with Gasteiger partial charge in [-0.25, -0.2) is 13.6 Å². The summed E-state index contributed by atoms with van der Waals surface area (Å²) in [5.74, 6) is 0.787. The van der Waals surface area contributed by atoms with Gasteiger partial charge in [-0.2, -0.15) is 0 Å². The minimum atomic E-state index is -3.72. The molecule has 0 fully saturated rings. The number of rotatable bonds is 3. The summed E-state index contributed by atoms with van der Waals surface area (Å²) in [6.07, 6.45) is 1.59. The van der Waals surface area contributed by atoms with Gasteiger partial charge in [0.05, 0.1) is 16.1 Å². The van der Waals surface area contributed by atoms with E-state index in [4.69, 9.17) is 15.3 Å². The lowest BCUT2D eigenvalue weighted by Crippen LogP contribution is -2.12. The molecule has 0 radical (unpaired) electrons. The van der Waals surface area contributed by atoms with Crippen molar-refractivity contribution in [1.82, 2.24) is 0 Å². The van der Waals surface area contributed by atoms with Crippen molar-refractivity contribution in [2.24, 2.45) is 5.14 Å². The lowest BCUT2D eigenvalue weighted by Gasteiger charge is -2.06. The second-order valence-electron chi connectivity index (χ2n) is 3.69. The summed E-state index contributed by atoms with van der Waals surface area (Å²) in [7, 11) is -3.72. The van der Waals surface area contributed by atoms with Gasteiger partial charge in [-0.1, -0.05) is 11.8 Å². The predicted molar refractivity (Wildman–Crippen MR) is 69.8 cm³/mol. The number of hydrogen-bond donors (Lipinski definition) is 2. The average molecular weight is 284 g/mol. The van der Waals surface area contributed by atoms with Crippen molar-refractivity contribution in [3.05, 3.63) is 36.3 Å². The van der Waals surface area contributed by atoms with Gasteiger partial charge in [-0.3, -0.25) is 0 Å². The van der Waals surface area contributed by atoms with Crippen molar-refractivity contribution in [3.63, 3.8) is 0 Å².